The maximum atomic E-state index is 10.7. The van der Waals surface area contributed by atoms with Crippen molar-refractivity contribution in [3.8, 4) is 18.0 Å². The summed E-state index contributed by atoms with van der Waals surface area (Å²) in [5.41, 5.74) is 0.293. The number of nitriles is 2. The molecule has 0 aromatic heterocycles. The molecule has 1 aliphatic heterocycles. The monoisotopic (exact) mass is 313 g/mol. The molecule has 0 amide bonds. The number of guanidine groups is 1. The van der Waals surface area contributed by atoms with Crippen molar-refractivity contribution in [3.63, 3.8) is 0 Å². The highest BCUT2D eigenvalue weighted by atomic mass is 16.5. The van der Waals surface area contributed by atoms with Crippen LogP contribution in [-0.4, -0.2) is 41.8 Å². The van der Waals surface area contributed by atoms with Crippen LogP contribution in [0.1, 0.15) is 31.0 Å². The Hall–Kier alpha value is -2.77. The first-order chi connectivity index (χ1) is 10.8. The van der Waals surface area contributed by atoms with Gasteiger partial charge in [-0.15, -0.1) is 4.99 Å². The summed E-state index contributed by atoms with van der Waals surface area (Å²) in [4.78, 5) is 5.38. The van der Waals surface area contributed by atoms with E-state index < -0.39 is 17.7 Å². The van der Waals surface area contributed by atoms with E-state index in [2.05, 4.69) is 16.4 Å². The lowest BCUT2D eigenvalue weighted by Crippen LogP contribution is -2.55. The van der Waals surface area contributed by atoms with Crippen LogP contribution in [0.25, 0.3) is 0 Å². The number of aliphatic hydroxyl groups is 1. The van der Waals surface area contributed by atoms with Crippen LogP contribution < -0.4 is 10.1 Å². The topological polar surface area (TPSA) is 105 Å². The van der Waals surface area contributed by atoms with Gasteiger partial charge in [0.05, 0.1) is 17.7 Å². The van der Waals surface area contributed by atoms with Crippen LogP contribution in [0, 0.1) is 22.8 Å². The molecule has 120 valence electrons. The quantitative estimate of drug-likeness (QED) is 0.457. The maximum absolute atomic E-state index is 10.7. The summed E-state index contributed by atoms with van der Waals surface area (Å²) in [5.74, 6) is 0.912. The molecule has 2 rings (SSSR count). The van der Waals surface area contributed by atoms with E-state index >= 15 is 0 Å². The number of hydrogen-bond acceptors (Lipinski definition) is 5. The molecule has 0 saturated heterocycles. The van der Waals surface area contributed by atoms with E-state index in [4.69, 9.17) is 15.3 Å². The highest BCUT2D eigenvalue weighted by Crippen LogP contribution is 2.40. The van der Waals surface area contributed by atoms with E-state index in [1.807, 2.05) is 0 Å². The van der Waals surface area contributed by atoms with E-state index in [9.17, 15) is 5.11 Å². The molecule has 0 unspecified atom stereocenters. The number of hydrogen-bond donors (Lipinski definition) is 2. The van der Waals surface area contributed by atoms with Crippen LogP contribution in [0.5, 0.6) is 5.75 Å². The summed E-state index contributed by atoms with van der Waals surface area (Å²) < 4.78 is 5.85. The lowest BCUT2D eigenvalue weighted by atomic mass is 9.86. The van der Waals surface area contributed by atoms with Crippen LogP contribution >= 0.6 is 0 Å². The minimum Gasteiger partial charge on any atom is -0.485 e. The number of aliphatic hydroxyl groups excluding tert-OH is 1. The van der Waals surface area contributed by atoms with E-state index in [0.717, 1.165) is 0 Å². The van der Waals surface area contributed by atoms with Gasteiger partial charge in [0, 0.05) is 19.7 Å². The molecule has 1 heterocycles. The number of aliphatic imine (C=N–C) groups is 1. The number of benzene rings is 1. The molecule has 1 aromatic carbocycles. The largest absolute Gasteiger partial charge is 0.485 e. The zero-order chi connectivity index (χ0) is 17.2. The molecule has 2 N–H and O–H groups in total. The minimum atomic E-state index is -0.896. The van der Waals surface area contributed by atoms with E-state index in [1.54, 1.807) is 57.2 Å². The molecule has 7 heteroatoms. The third-order valence-corrected chi connectivity index (χ3v) is 3.74. The molecule has 0 fully saturated rings. The zero-order valence-electron chi connectivity index (χ0n) is 13.5. The average molecular weight is 313 g/mol. The number of fused-ring (bicyclic) bond motifs is 1. The first kappa shape index (κ1) is 16.6. The van der Waals surface area contributed by atoms with Crippen LogP contribution in [0.2, 0.25) is 0 Å². The fourth-order valence-electron chi connectivity index (χ4n) is 2.47. The average Bonchev–Trinajstić information content (AvgIpc) is 2.50. The Morgan fingerprint density at radius 2 is 2.09 bits per heavy atom. The molecule has 0 spiro atoms. The molecule has 7 nitrogen and oxygen atoms in total. The Bertz CT molecular complexity index is 712. The summed E-state index contributed by atoms with van der Waals surface area (Å²) in [5, 5.41) is 31.7. The molecule has 0 radical (unpaired) electrons. The van der Waals surface area contributed by atoms with Crippen LogP contribution in [0.15, 0.2) is 23.2 Å². The first-order valence-electron chi connectivity index (χ1n) is 7.12. The highest BCUT2D eigenvalue weighted by Gasteiger charge is 2.43. The highest BCUT2D eigenvalue weighted by molar-refractivity contribution is 5.81. The zero-order valence-corrected chi connectivity index (χ0v) is 13.5. The molecule has 0 aliphatic carbocycles. The van der Waals surface area contributed by atoms with Crippen molar-refractivity contribution >= 4 is 5.96 Å². The molecule has 0 bridgehead atoms. The van der Waals surface area contributed by atoms with Crippen molar-refractivity contribution in [1.29, 1.82) is 10.5 Å². The van der Waals surface area contributed by atoms with E-state index in [-0.39, 0.29) is 0 Å². The van der Waals surface area contributed by atoms with E-state index in [0.29, 0.717) is 22.8 Å². The second-order valence-corrected chi connectivity index (χ2v) is 6.07. The predicted molar refractivity (Wildman–Crippen MR) is 84.5 cm³/mol. The lowest BCUT2D eigenvalue weighted by Gasteiger charge is -2.43. The summed E-state index contributed by atoms with van der Waals surface area (Å²) in [6, 6.07) is 6.57. The van der Waals surface area contributed by atoms with Gasteiger partial charge < -0.3 is 20.1 Å². The van der Waals surface area contributed by atoms with Crippen molar-refractivity contribution < 1.29 is 9.84 Å². The molecule has 1 aromatic rings. The second-order valence-electron chi connectivity index (χ2n) is 6.07. The van der Waals surface area contributed by atoms with Crippen molar-refractivity contribution in [2.24, 2.45) is 4.99 Å². The van der Waals surface area contributed by atoms with Gasteiger partial charge in [-0.2, -0.15) is 10.5 Å². The summed E-state index contributed by atoms with van der Waals surface area (Å²) in [6.07, 6.45) is 0.844. The Labute approximate surface area is 135 Å². The van der Waals surface area contributed by atoms with Gasteiger partial charge >= 0.3 is 0 Å². The molecular weight excluding hydrogens is 294 g/mol. The smallest absolute Gasteiger partial charge is 0.209 e. The fraction of sp³-hybridized carbons (Fsp3) is 0.438. The van der Waals surface area contributed by atoms with Gasteiger partial charge in [0.25, 0.3) is 0 Å². The third kappa shape index (κ3) is 3.20. The van der Waals surface area contributed by atoms with Crippen molar-refractivity contribution in [2.45, 2.75) is 31.6 Å². The van der Waals surface area contributed by atoms with Gasteiger partial charge in [0.1, 0.15) is 17.5 Å². The van der Waals surface area contributed by atoms with Gasteiger partial charge in [-0.1, -0.05) is 0 Å². The maximum Gasteiger partial charge on any atom is 0.209 e. The number of rotatable bonds is 1. The molecule has 1 aliphatic rings. The number of nitrogens with one attached hydrogen (secondary N) is 1. The standard InChI is InChI=1S/C16H19N5O2/c1-16(2)14(22)13(20-15(19-9-18)21(3)4)11-7-10(8-17)5-6-12(11)23-16/h5-7,13-14,22H,1-4H3,(H,19,20)/t13-,14+/m0/s1. The van der Waals surface area contributed by atoms with Gasteiger partial charge in [-0.3, -0.25) is 0 Å². The van der Waals surface area contributed by atoms with Crippen LogP contribution in [0.3, 0.4) is 0 Å². The summed E-state index contributed by atoms with van der Waals surface area (Å²) in [7, 11) is 3.49. The summed E-state index contributed by atoms with van der Waals surface area (Å²) in [6.45, 7) is 3.56. The number of ether oxygens (including phenoxy) is 1. The molecule has 2 atom stereocenters. The Morgan fingerprint density at radius 3 is 2.65 bits per heavy atom. The molecule has 23 heavy (non-hydrogen) atoms. The SMILES string of the molecule is CN(C)C(=NC#N)N[C@H]1c2cc(C#N)ccc2OC(C)(C)[C@@H]1O. The van der Waals surface area contributed by atoms with Crippen LogP contribution in [0.4, 0.5) is 0 Å². The van der Waals surface area contributed by atoms with Crippen molar-refractivity contribution in [3.05, 3.63) is 29.3 Å². The van der Waals surface area contributed by atoms with E-state index in [1.165, 1.54) is 0 Å². The van der Waals surface area contributed by atoms with Gasteiger partial charge in [-0.25, -0.2) is 0 Å². The lowest BCUT2D eigenvalue weighted by molar-refractivity contribution is -0.0614. The first-order valence-corrected chi connectivity index (χ1v) is 7.12. The Morgan fingerprint density at radius 1 is 1.39 bits per heavy atom. The van der Waals surface area contributed by atoms with Gasteiger partial charge in [0.2, 0.25) is 12.2 Å². The third-order valence-electron chi connectivity index (χ3n) is 3.74. The fourth-order valence-corrected chi connectivity index (χ4v) is 2.47. The second kappa shape index (κ2) is 6.15. The Kier molecular flexibility index (Phi) is 4.44. The molecular formula is C16H19N5O2. The molecule has 0 saturated carbocycles. The summed E-state index contributed by atoms with van der Waals surface area (Å²) >= 11 is 0. The van der Waals surface area contributed by atoms with Crippen molar-refractivity contribution in [1.82, 2.24) is 10.2 Å². The normalized spacial score (nSPS) is 22.1. The van der Waals surface area contributed by atoms with Crippen molar-refractivity contribution in [2.75, 3.05) is 14.1 Å². The van der Waals surface area contributed by atoms with Gasteiger partial charge in [-0.05, 0) is 32.0 Å². The van der Waals surface area contributed by atoms with Gasteiger partial charge in [0.15, 0.2) is 0 Å². The van der Waals surface area contributed by atoms with Crippen LogP contribution in [-0.2, 0) is 0 Å². The predicted octanol–water partition coefficient (Wildman–Crippen LogP) is 1.12. The Balaban J connectivity index is 2.51. The minimum absolute atomic E-state index is 0.322. The number of nitrogens with zero attached hydrogens (tertiary/aromatic N) is 4.